The normalized spacial score (nSPS) is 12.6. The van der Waals surface area contributed by atoms with Gasteiger partial charge in [0.15, 0.2) is 0 Å². The molecule has 2 aromatic rings. The molecule has 2 heteroatoms. The molecule has 0 spiro atoms. The van der Waals surface area contributed by atoms with E-state index in [-0.39, 0.29) is 0 Å². The third-order valence-corrected chi connectivity index (χ3v) is 4.05. The zero-order valence-electron chi connectivity index (χ0n) is 10.4. The van der Waals surface area contributed by atoms with Crippen molar-refractivity contribution < 1.29 is 0 Å². The molecule has 0 aliphatic carbocycles. The highest BCUT2D eigenvalue weighted by Crippen LogP contribution is 2.19. The molecule has 1 aromatic carbocycles. The van der Waals surface area contributed by atoms with E-state index in [4.69, 9.17) is 0 Å². The molecule has 2 rings (SSSR count). The maximum Gasteiger partial charge on any atom is 0.0308 e. The summed E-state index contributed by atoms with van der Waals surface area (Å²) < 4.78 is 0. The fourth-order valence-corrected chi connectivity index (χ4v) is 2.87. The monoisotopic (exact) mass is 245 g/mol. The third-order valence-electron chi connectivity index (χ3n) is 3.09. The second kappa shape index (κ2) is 5.99. The van der Waals surface area contributed by atoms with Gasteiger partial charge in [-0.2, -0.15) is 0 Å². The summed E-state index contributed by atoms with van der Waals surface area (Å²) in [5, 5.41) is 5.77. The molecule has 1 N–H and O–H groups in total. The van der Waals surface area contributed by atoms with Crippen LogP contribution in [0.4, 0.5) is 0 Å². The molecule has 0 bridgehead atoms. The topological polar surface area (TPSA) is 12.0 Å². The Morgan fingerprint density at radius 3 is 2.65 bits per heavy atom. The summed E-state index contributed by atoms with van der Waals surface area (Å²) in [6.07, 6.45) is 1.13. The van der Waals surface area contributed by atoms with Crippen molar-refractivity contribution in [2.75, 3.05) is 0 Å². The van der Waals surface area contributed by atoms with Crippen molar-refractivity contribution in [3.8, 4) is 0 Å². The van der Waals surface area contributed by atoms with Crippen LogP contribution in [0.1, 0.15) is 35.9 Å². The quantitative estimate of drug-likeness (QED) is 0.834. The Morgan fingerprint density at radius 2 is 1.94 bits per heavy atom. The van der Waals surface area contributed by atoms with E-state index >= 15 is 0 Å². The molecule has 0 saturated heterocycles. The minimum atomic E-state index is 0.406. The first-order chi connectivity index (χ1) is 8.31. The Bertz CT molecular complexity index is 447. The summed E-state index contributed by atoms with van der Waals surface area (Å²) in [6, 6.07) is 13.2. The van der Waals surface area contributed by atoms with Gasteiger partial charge >= 0.3 is 0 Å². The van der Waals surface area contributed by atoms with Crippen molar-refractivity contribution in [3.63, 3.8) is 0 Å². The number of hydrogen-bond acceptors (Lipinski definition) is 2. The Morgan fingerprint density at radius 1 is 1.18 bits per heavy atom. The molecule has 1 heterocycles. The van der Waals surface area contributed by atoms with Gasteiger partial charge < -0.3 is 5.32 Å². The summed E-state index contributed by atoms with van der Waals surface area (Å²) in [4.78, 5) is 1.47. The van der Waals surface area contributed by atoms with E-state index < -0.39 is 0 Å². The highest BCUT2D eigenvalue weighted by Gasteiger charge is 2.06. The summed E-state index contributed by atoms with van der Waals surface area (Å²) in [6.45, 7) is 5.40. The highest BCUT2D eigenvalue weighted by atomic mass is 32.1. The van der Waals surface area contributed by atoms with Crippen LogP contribution in [-0.4, -0.2) is 0 Å². The minimum Gasteiger partial charge on any atom is -0.305 e. The van der Waals surface area contributed by atoms with Crippen LogP contribution in [0.25, 0.3) is 0 Å². The van der Waals surface area contributed by atoms with E-state index in [0.29, 0.717) is 6.04 Å². The molecule has 0 fully saturated rings. The van der Waals surface area contributed by atoms with Gasteiger partial charge in [-0.15, -0.1) is 11.3 Å². The van der Waals surface area contributed by atoms with Crippen LogP contribution in [0.3, 0.4) is 0 Å². The first-order valence-electron chi connectivity index (χ1n) is 6.14. The van der Waals surface area contributed by atoms with Gasteiger partial charge in [-0.25, -0.2) is 0 Å². The van der Waals surface area contributed by atoms with Gasteiger partial charge in [0.2, 0.25) is 0 Å². The van der Waals surface area contributed by atoms with Crippen molar-refractivity contribution >= 4 is 11.3 Å². The predicted molar refractivity (Wildman–Crippen MR) is 75.4 cm³/mol. The fraction of sp³-hybridized carbons (Fsp3) is 0.333. The third kappa shape index (κ3) is 3.18. The lowest BCUT2D eigenvalue weighted by atomic mass is 10.1. The fourth-order valence-electron chi connectivity index (χ4n) is 1.94. The first kappa shape index (κ1) is 12.3. The molecule has 17 heavy (non-hydrogen) atoms. The maximum atomic E-state index is 3.59. The molecule has 0 amide bonds. The smallest absolute Gasteiger partial charge is 0.0308 e. The highest BCUT2D eigenvalue weighted by molar-refractivity contribution is 7.10. The Balaban J connectivity index is 1.95. The van der Waals surface area contributed by atoms with Crippen LogP contribution in [0.5, 0.6) is 0 Å². The molecule has 0 aliphatic rings. The molecule has 1 unspecified atom stereocenters. The van der Waals surface area contributed by atoms with Crippen LogP contribution in [0.15, 0.2) is 41.8 Å². The Labute approximate surface area is 108 Å². The largest absolute Gasteiger partial charge is 0.305 e. The van der Waals surface area contributed by atoms with Gasteiger partial charge in [0.1, 0.15) is 0 Å². The number of thiophene rings is 1. The first-order valence-corrected chi connectivity index (χ1v) is 7.02. The van der Waals surface area contributed by atoms with Gasteiger partial charge in [0, 0.05) is 17.5 Å². The van der Waals surface area contributed by atoms with Crippen molar-refractivity contribution in [1.29, 1.82) is 0 Å². The molecule has 90 valence electrons. The van der Waals surface area contributed by atoms with Crippen molar-refractivity contribution in [2.24, 2.45) is 0 Å². The number of aryl methyl sites for hydroxylation is 1. The van der Waals surface area contributed by atoms with Crippen molar-refractivity contribution in [3.05, 3.63) is 57.8 Å². The SMILES string of the molecule is CCc1ccsc1CNC(C)c1ccccc1. The predicted octanol–water partition coefficient (Wildman–Crippen LogP) is 4.16. The van der Waals surface area contributed by atoms with Crippen LogP contribution < -0.4 is 5.32 Å². The minimum absolute atomic E-state index is 0.406. The number of hydrogen-bond donors (Lipinski definition) is 1. The van der Waals surface area contributed by atoms with Crippen LogP contribution >= 0.6 is 11.3 Å². The summed E-state index contributed by atoms with van der Waals surface area (Å²) >= 11 is 1.85. The van der Waals surface area contributed by atoms with E-state index in [2.05, 4.69) is 60.9 Å². The lowest BCUT2D eigenvalue weighted by Gasteiger charge is -2.14. The number of benzene rings is 1. The van der Waals surface area contributed by atoms with Crippen molar-refractivity contribution in [2.45, 2.75) is 32.9 Å². The van der Waals surface area contributed by atoms with Crippen molar-refractivity contribution in [1.82, 2.24) is 5.32 Å². The van der Waals surface area contributed by atoms with E-state index in [1.54, 1.807) is 0 Å². The Hall–Kier alpha value is -1.12. The number of nitrogens with one attached hydrogen (secondary N) is 1. The molecular weight excluding hydrogens is 226 g/mol. The maximum absolute atomic E-state index is 3.59. The van der Waals surface area contributed by atoms with E-state index in [1.807, 2.05) is 11.3 Å². The zero-order valence-corrected chi connectivity index (χ0v) is 11.3. The second-order valence-corrected chi connectivity index (χ2v) is 5.24. The van der Waals surface area contributed by atoms with Gasteiger partial charge in [0.05, 0.1) is 0 Å². The molecule has 0 radical (unpaired) electrons. The standard InChI is InChI=1S/C15H19NS/c1-3-13-9-10-17-15(13)11-16-12(2)14-7-5-4-6-8-14/h4-10,12,16H,3,11H2,1-2H3. The molecule has 1 nitrogen and oxygen atoms in total. The Kier molecular flexibility index (Phi) is 4.35. The van der Waals surface area contributed by atoms with Gasteiger partial charge in [-0.05, 0) is 35.9 Å². The molecule has 0 aliphatic heterocycles. The van der Waals surface area contributed by atoms with E-state index in [1.165, 1.54) is 16.0 Å². The van der Waals surface area contributed by atoms with Gasteiger partial charge in [0.25, 0.3) is 0 Å². The van der Waals surface area contributed by atoms with Gasteiger partial charge in [-0.1, -0.05) is 37.3 Å². The molecular formula is C15H19NS. The van der Waals surface area contributed by atoms with E-state index in [9.17, 15) is 0 Å². The van der Waals surface area contributed by atoms with E-state index in [0.717, 1.165) is 13.0 Å². The summed E-state index contributed by atoms with van der Waals surface area (Å²) in [7, 11) is 0. The summed E-state index contributed by atoms with van der Waals surface area (Å²) in [5.41, 5.74) is 2.82. The lowest BCUT2D eigenvalue weighted by molar-refractivity contribution is 0.577. The van der Waals surface area contributed by atoms with Gasteiger partial charge in [-0.3, -0.25) is 0 Å². The average molecular weight is 245 g/mol. The zero-order chi connectivity index (χ0) is 12.1. The van der Waals surface area contributed by atoms with Crippen LogP contribution in [0.2, 0.25) is 0 Å². The summed E-state index contributed by atoms with van der Waals surface area (Å²) in [5.74, 6) is 0. The van der Waals surface area contributed by atoms with Crippen LogP contribution in [-0.2, 0) is 13.0 Å². The average Bonchev–Trinajstić information content (AvgIpc) is 2.84. The number of rotatable bonds is 5. The molecule has 1 atom stereocenters. The molecule has 1 aromatic heterocycles. The molecule has 0 saturated carbocycles. The van der Waals surface area contributed by atoms with Crippen LogP contribution in [0, 0.1) is 0 Å². The lowest BCUT2D eigenvalue weighted by Crippen LogP contribution is -2.17. The second-order valence-electron chi connectivity index (χ2n) is 4.24.